The van der Waals surface area contributed by atoms with Gasteiger partial charge in [-0.2, -0.15) is 0 Å². The molecule has 1 aliphatic rings. The predicted molar refractivity (Wildman–Crippen MR) is 64.2 cm³/mol. The van der Waals surface area contributed by atoms with Gasteiger partial charge in [-0.3, -0.25) is 14.4 Å². The molecular weight excluding hydrogens is 236 g/mol. The number of ketones is 2. The Hall–Kier alpha value is -1.65. The molecule has 100 valence electrons. The lowest BCUT2D eigenvalue weighted by atomic mass is 9.73. The molecule has 0 radical (unpaired) electrons. The molecule has 0 aromatic heterocycles. The number of hydrogen-bond acceptors (Lipinski definition) is 4. The van der Waals surface area contributed by atoms with E-state index in [2.05, 4.69) is 0 Å². The number of allylic oxidation sites excluding steroid dienone is 2. The third-order valence-corrected chi connectivity index (χ3v) is 2.93. The van der Waals surface area contributed by atoms with E-state index in [1.54, 1.807) is 0 Å². The summed E-state index contributed by atoms with van der Waals surface area (Å²) in [5.41, 5.74) is -0.487. The van der Waals surface area contributed by atoms with Crippen LogP contribution >= 0.6 is 0 Å². The second-order valence-electron chi connectivity index (χ2n) is 5.43. The zero-order chi connectivity index (χ0) is 13.9. The van der Waals surface area contributed by atoms with Crippen LogP contribution in [0.5, 0.6) is 0 Å². The third kappa shape index (κ3) is 3.68. The number of aliphatic hydroxyl groups excluding tert-OH is 1. The summed E-state index contributed by atoms with van der Waals surface area (Å²) in [6.45, 7) is 3.67. The minimum absolute atomic E-state index is 0.0551. The van der Waals surface area contributed by atoms with Gasteiger partial charge in [0.1, 0.15) is 5.76 Å². The Morgan fingerprint density at radius 1 is 1.11 bits per heavy atom. The normalized spacial score (nSPS) is 18.9. The molecule has 1 fully saturated rings. The molecule has 1 rings (SSSR count). The maximum absolute atomic E-state index is 11.8. The first-order valence-electron chi connectivity index (χ1n) is 5.93. The van der Waals surface area contributed by atoms with E-state index in [4.69, 9.17) is 5.11 Å². The highest BCUT2D eigenvalue weighted by molar-refractivity contribution is 6.22. The number of rotatable bonds is 4. The molecule has 5 heteroatoms. The van der Waals surface area contributed by atoms with Crippen molar-refractivity contribution in [1.82, 2.24) is 0 Å². The highest BCUT2D eigenvalue weighted by Crippen LogP contribution is 2.34. The van der Waals surface area contributed by atoms with Gasteiger partial charge < -0.3 is 10.2 Å². The molecule has 0 spiro atoms. The number of aliphatic carboxylic acids is 1. The lowest BCUT2D eigenvalue weighted by Gasteiger charge is -2.28. The van der Waals surface area contributed by atoms with Gasteiger partial charge in [0.15, 0.2) is 11.6 Å². The Morgan fingerprint density at radius 3 is 2.06 bits per heavy atom. The van der Waals surface area contributed by atoms with Crippen molar-refractivity contribution in [1.29, 1.82) is 0 Å². The molecule has 0 unspecified atom stereocenters. The van der Waals surface area contributed by atoms with Crippen LogP contribution in [0.4, 0.5) is 0 Å². The molecule has 0 atom stereocenters. The van der Waals surface area contributed by atoms with Crippen LogP contribution < -0.4 is 0 Å². The summed E-state index contributed by atoms with van der Waals surface area (Å²) in [5.74, 6) is -1.91. The quantitative estimate of drug-likeness (QED) is 0.455. The average molecular weight is 254 g/mol. The molecule has 2 N–H and O–H groups in total. The molecule has 0 aromatic carbocycles. The monoisotopic (exact) mass is 254 g/mol. The SMILES string of the molecule is CC1(C)CC(=O)C(=C(O)CCCC(=O)O)C(=O)C1. The van der Waals surface area contributed by atoms with Crippen LogP contribution in [-0.2, 0) is 14.4 Å². The van der Waals surface area contributed by atoms with Gasteiger partial charge in [0.25, 0.3) is 0 Å². The topological polar surface area (TPSA) is 91.7 Å². The molecule has 18 heavy (non-hydrogen) atoms. The number of aliphatic hydroxyl groups is 1. The van der Waals surface area contributed by atoms with Crippen LogP contribution in [0, 0.1) is 5.41 Å². The van der Waals surface area contributed by atoms with Crippen molar-refractivity contribution in [3.63, 3.8) is 0 Å². The van der Waals surface area contributed by atoms with Crippen molar-refractivity contribution < 1.29 is 24.6 Å². The van der Waals surface area contributed by atoms with E-state index in [1.807, 2.05) is 13.8 Å². The number of hydrogen-bond donors (Lipinski definition) is 2. The molecule has 1 aliphatic carbocycles. The zero-order valence-electron chi connectivity index (χ0n) is 10.7. The summed E-state index contributed by atoms with van der Waals surface area (Å²) in [6, 6.07) is 0. The zero-order valence-corrected chi connectivity index (χ0v) is 10.7. The fourth-order valence-corrected chi connectivity index (χ4v) is 2.12. The summed E-state index contributed by atoms with van der Waals surface area (Å²) in [6.07, 6.45) is 0.646. The number of carbonyl (C=O) groups is 3. The summed E-state index contributed by atoms with van der Waals surface area (Å²) in [4.78, 5) is 33.9. The van der Waals surface area contributed by atoms with Gasteiger partial charge in [0, 0.05) is 25.7 Å². The second-order valence-corrected chi connectivity index (χ2v) is 5.43. The lowest BCUT2D eigenvalue weighted by Crippen LogP contribution is -2.32. The summed E-state index contributed by atoms with van der Waals surface area (Å²) >= 11 is 0. The number of Topliss-reactive ketones (excluding diaryl/α,β-unsaturated/α-hetero) is 2. The fraction of sp³-hybridized carbons (Fsp3) is 0.615. The van der Waals surface area contributed by atoms with Gasteiger partial charge in [-0.05, 0) is 11.8 Å². The summed E-state index contributed by atoms with van der Waals surface area (Å²) in [7, 11) is 0. The molecule has 5 nitrogen and oxygen atoms in total. The van der Waals surface area contributed by atoms with E-state index < -0.39 is 5.97 Å². The van der Waals surface area contributed by atoms with Crippen LogP contribution in [0.3, 0.4) is 0 Å². The van der Waals surface area contributed by atoms with E-state index >= 15 is 0 Å². The molecule has 0 aromatic rings. The molecule has 0 aliphatic heterocycles. The second kappa shape index (κ2) is 5.33. The highest BCUT2D eigenvalue weighted by atomic mass is 16.4. The molecular formula is C13H18O5. The maximum Gasteiger partial charge on any atom is 0.303 e. The molecule has 0 bridgehead atoms. The largest absolute Gasteiger partial charge is 0.511 e. The van der Waals surface area contributed by atoms with Crippen molar-refractivity contribution in [2.75, 3.05) is 0 Å². The van der Waals surface area contributed by atoms with Gasteiger partial charge in [0.2, 0.25) is 0 Å². The lowest BCUT2D eigenvalue weighted by molar-refractivity contribution is -0.137. The van der Waals surface area contributed by atoms with Crippen molar-refractivity contribution in [2.24, 2.45) is 5.41 Å². The van der Waals surface area contributed by atoms with Crippen LogP contribution in [-0.4, -0.2) is 27.7 Å². The smallest absolute Gasteiger partial charge is 0.303 e. The highest BCUT2D eigenvalue weighted by Gasteiger charge is 2.37. The Kier molecular flexibility index (Phi) is 4.27. The van der Waals surface area contributed by atoms with E-state index in [9.17, 15) is 19.5 Å². The number of carbonyl (C=O) groups excluding carboxylic acids is 2. The minimum Gasteiger partial charge on any atom is -0.511 e. The van der Waals surface area contributed by atoms with E-state index in [1.165, 1.54) is 0 Å². The van der Waals surface area contributed by atoms with Crippen LogP contribution in [0.2, 0.25) is 0 Å². The standard InChI is InChI=1S/C13H18O5/c1-13(2)6-9(15)12(10(16)7-13)8(14)4-3-5-11(17)18/h14H,3-7H2,1-2H3,(H,17,18). The van der Waals surface area contributed by atoms with E-state index in [0.717, 1.165) is 0 Å². The Bertz CT molecular complexity index is 395. The number of carboxylic acid groups (broad SMARTS) is 1. The summed E-state index contributed by atoms with van der Waals surface area (Å²) < 4.78 is 0. The third-order valence-electron chi connectivity index (χ3n) is 2.93. The molecule has 0 amide bonds. The van der Waals surface area contributed by atoms with Gasteiger partial charge in [-0.15, -0.1) is 0 Å². The van der Waals surface area contributed by atoms with Crippen molar-refractivity contribution >= 4 is 17.5 Å². The van der Waals surface area contributed by atoms with Crippen molar-refractivity contribution in [3.05, 3.63) is 11.3 Å². The predicted octanol–water partition coefficient (Wildman–Crippen LogP) is 2.01. The Balaban J connectivity index is 2.77. The van der Waals surface area contributed by atoms with E-state index in [-0.39, 0.29) is 60.4 Å². The first-order valence-corrected chi connectivity index (χ1v) is 5.93. The van der Waals surface area contributed by atoms with E-state index in [0.29, 0.717) is 0 Å². The molecule has 0 saturated heterocycles. The summed E-state index contributed by atoms with van der Waals surface area (Å²) in [5, 5.41) is 18.2. The van der Waals surface area contributed by atoms with Gasteiger partial charge in [-0.25, -0.2) is 0 Å². The molecule has 0 heterocycles. The van der Waals surface area contributed by atoms with Gasteiger partial charge in [0.05, 0.1) is 5.57 Å². The van der Waals surface area contributed by atoms with Crippen LogP contribution in [0.15, 0.2) is 11.3 Å². The maximum atomic E-state index is 11.8. The Morgan fingerprint density at radius 2 is 1.61 bits per heavy atom. The van der Waals surface area contributed by atoms with Gasteiger partial charge in [-0.1, -0.05) is 13.8 Å². The van der Waals surface area contributed by atoms with Crippen LogP contribution in [0.1, 0.15) is 46.0 Å². The van der Waals surface area contributed by atoms with Crippen LogP contribution in [0.25, 0.3) is 0 Å². The minimum atomic E-state index is -0.963. The fourth-order valence-electron chi connectivity index (χ4n) is 2.12. The number of carboxylic acids is 1. The van der Waals surface area contributed by atoms with Crippen molar-refractivity contribution in [2.45, 2.75) is 46.0 Å². The molecule has 1 saturated carbocycles. The first-order chi connectivity index (χ1) is 8.23. The Labute approximate surface area is 105 Å². The van der Waals surface area contributed by atoms with Crippen molar-refractivity contribution in [3.8, 4) is 0 Å². The average Bonchev–Trinajstić information content (AvgIpc) is 2.12. The first kappa shape index (κ1) is 14.4. The van der Waals surface area contributed by atoms with Gasteiger partial charge >= 0.3 is 5.97 Å².